The van der Waals surface area contributed by atoms with E-state index in [0.717, 1.165) is 6.42 Å². The number of anilines is 1. The molecule has 1 aromatic rings. The molecule has 18 heavy (non-hydrogen) atoms. The zero-order chi connectivity index (χ0) is 12.7. The van der Waals surface area contributed by atoms with Gasteiger partial charge < -0.3 is 10.6 Å². The predicted molar refractivity (Wildman–Crippen MR) is 63.6 cm³/mol. The molecule has 4 nitrogen and oxygen atoms in total. The van der Waals surface area contributed by atoms with Crippen LogP contribution in [0.4, 0.5) is 10.1 Å². The third kappa shape index (κ3) is 1.75. The van der Waals surface area contributed by atoms with Gasteiger partial charge in [-0.2, -0.15) is 0 Å². The second-order valence-corrected chi connectivity index (χ2v) is 4.77. The van der Waals surface area contributed by atoms with E-state index >= 15 is 0 Å². The third-order valence-electron chi connectivity index (χ3n) is 3.56. The lowest BCUT2D eigenvalue weighted by Crippen LogP contribution is -2.20. The van der Waals surface area contributed by atoms with Crippen molar-refractivity contribution in [3.63, 3.8) is 0 Å². The maximum atomic E-state index is 14.2. The highest BCUT2D eigenvalue weighted by Gasteiger charge is 2.28. The molecule has 2 aliphatic heterocycles. The molecule has 0 spiro atoms. The lowest BCUT2D eigenvalue weighted by atomic mass is 9.95. The molecule has 2 N–H and O–H groups in total. The fourth-order valence-electron chi connectivity index (χ4n) is 2.58. The van der Waals surface area contributed by atoms with Gasteiger partial charge in [0.25, 0.3) is 0 Å². The molecule has 0 bridgehead atoms. The first-order valence-corrected chi connectivity index (χ1v) is 6.03. The SMILES string of the molecule is O=C1Cc2c(ccc(CC3CCNC3=O)c2F)N1. The Kier molecular flexibility index (Phi) is 2.54. The highest BCUT2D eigenvalue weighted by atomic mass is 19.1. The largest absolute Gasteiger partial charge is 0.356 e. The molecule has 0 saturated carbocycles. The van der Waals surface area contributed by atoms with Gasteiger partial charge in [0.15, 0.2) is 0 Å². The average Bonchev–Trinajstić information content (AvgIpc) is 2.90. The maximum absolute atomic E-state index is 14.2. The minimum absolute atomic E-state index is 0.0101. The summed E-state index contributed by atoms with van der Waals surface area (Å²) in [5.41, 5.74) is 1.50. The molecule has 1 atom stereocenters. The van der Waals surface area contributed by atoms with Crippen LogP contribution in [0, 0.1) is 11.7 Å². The van der Waals surface area contributed by atoms with Gasteiger partial charge in [-0.3, -0.25) is 9.59 Å². The number of carbonyl (C=O) groups is 2. The van der Waals surface area contributed by atoms with E-state index in [1.54, 1.807) is 12.1 Å². The number of carbonyl (C=O) groups excluding carboxylic acids is 2. The van der Waals surface area contributed by atoms with Crippen LogP contribution in [0.1, 0.15) is 17.5 Å². The van der Waals surface area contributed by atoms with Crippen molar-refractivity contribution >= 4 is 17.5 Å². The van der Waals surface area contributed by atoms with Gasteiger partial charge in [0.05, 0.1) is 6.42 Å². The fraction of sp³-hybridized carbons (Fsp3) is 0.385. The van der Waals surface area contributed by atoms with Crippen LogP contribution in [0.15, 0.2) is 12.1 Å². The van der Waals surface area contributed by atoms with Crippen molar-refractivity contribution in [2.45, 2.75) is 19.3 Å². The molecule has 5 heteroatoms. The first-order valence-electron chi connectivity index (χ1n) is 6.03. The van der Waals surface area contributed by atoms with E-state index in [1.807, 2.05) is 0 Å². The summed E-state index contributed by atoms with van der Waals surface area (Å²) >= 11 is 0. The van der Waals surface area contributed by atoms with Gasteiger partial charge in [-0.05, 0) is 24.5 Å². The Morgan fingerprint density at radius 2 is 2.17 bits per heavy atom. The van der Waals surface area contributed by atoms with E-state index in [-0.39, 0.29) is 30.0 Å². The van der Waals surface area contributed by atoms with E-state index in [0.29, 0.717) is 29.8 Å². The molecule has 1 fully saturated rings. The van der Waals surface area contributed by atoms with E-state index < -0.39 is 0 Å². The molecule has 0 radical (unpaired) electrons. The fourth-order valence-corrected chi connectivity index (χ4v) is 2.58. The summed E-state index contributed by atoms with van der Waals surface area (Å²) in [5.74, 6) is -0.683. The number of fused-ring (bicyclic) bond motifs is 1. The van der Waals surface area contributed by atoms with Crippen LogP contribution in [-0.4, -0.2) is 18.4 Å². The number of hydrogen-bond donors (Lipinski definition) is 2. The van der Waals surface area contributed by atoms with E-state index in [1.165, 1.54) is 0 Å². The van der Waals surface area contributed by atoms with Gasteiger partial charge in [0.2, 0.25) is 11.8 Å². The second kappa shape index (κ2) is 4.08. The Morgan fingerprint density at radius 3 is 2.89 bits per heavy atom. The lowest BCUT2D eigenvalue weighted by Gasteiger charge is -2.10. The van der Waals surface area contributed by atoms with Crippen molar-refractivity contribution in [2.75, 3.05) is 11.9 Å². The molecule has 1 aromatic carbocycles. The molecular weight excluding hydrogens is 235 g/mol. The molecule has 3 rings (SSSR count). The van der Waals surface area contributed by atoms with Crippen molar-refractivity contribution in [3.05, 3.63) is 29.1 Å². The van der Waals surface area contributed by atoms with Gasteiger partial charge in [-0.15, -0.1) is 0 Å². The maximum Gasteiger partial charge on any atom is 0.228 e. The number of halogens is 1. The van der Waals surface area contributed by atoms with Crippen LogP contribution in [0.25, 0.3) is 0 Å². The van der Waals surface area contributed by atoms with Gasteiger partial charge >= 0.3 is 0 Å². The number of benzene rings is 1. The van der Waals surface area contributed by atoms with Crippen molar-refractivity contribution in [3.8, 4) is 0 Å². The Hall–Kier alpha value is -1.91. The Labute approximate surface area is 104 Å². The van der Waals surface area contributed by atoms with Crippen LogP contribution in [0.5, 0.6) is 0 Å². The van der Waals surface area contributed by atoms with E-state index in [9.17, 15) is 14.0 Å². The first-order chi connectivity index (χ1) is 8.65. The molecule has 2 heterocycles. The summed E-state index contributed by atoms with van der Waals surface area (Å²) in [6.07, 6.45) is 1.23. The summed E-state index contributed by atoms with van der Waals surface area (Å²) in [7, 11) is 0. The molecule has 94 valence electrons. The van der Waals surface area contributed by atoms with Crippen LogP contribution >= 0.6 is 0 Å². The smallest absolute Gasteiger partial charge is 0.228 e. The monoisotopic (exact) mass is 248 g/mol. The van der Waals surface area contributed by atoms with Crippen LogP contribution in [-0.2, 0) is 22.4 Å². The first kappa shape index (κ1) is 11.2. The van der Waals surface area contributed by atoms with E-state index in [2.05, 4.69) is 10.6 Å². The zero-order valence-corrected chi connectivity index (χ0v) is 9.75. The molecule has 2 aliphatic rings. The van der Waals surface area contributed by atoms with E-state index in [4.69, 9.17) is 0 Å². The summed E-state index contributed by atoms with van der Waals surface area (Å²) in [4.78, 5) is 22.7. The van der Waals surface area contributed by atoms with Gasteiger partial charge in [0, 0.05) is 23.7 Å². The molecule has 1 saturated heterocycles. The second-order valence-electron chi connectivity index (χ2n) is 4.77. The summed E-state index contributed by atoms with van der Waals surface area (Å²) < 4.78 is 14.2. The van der Waals surface area contributed by atoms with Gasteiger partial charge in [0.1, 0.15) is 5.82 Å². The molecular formula is C13H13FN2O2. The lowest BCUT2D eigenvalue weighted by molar-refractivity contribution is -0.122. The highest BCUT2D eigenvalue weighted by molar-refractivity contribution is 5.99. The predicted octanol–water partition coefficient (Wildman–Crippen LogP) is 0.999. The summed E-state index contributed by atoms with van der Waals surface area (Å²) in [6, 6.07) is 3.37. The number of hydrogen-bond acceptors (Lipinski definition) is 2. The zero-order valence-electron chi connectivity index (χ0n) is 9.75. The van der Waals surface area contributed by atoms with Crippen LogP contribution in [0.3, 0.4) is 0 Å². The van der Waals surface area contributed by atoms with Crippen LogP contribution < -0.4 is 10.6 Å². The minimum atomic E-state index is -0.342. The minimum Gasteiger partial charge on any atom is -0.356 e. The van der Waals surface area contributed by atoms with Crippen molar-refractivity contribution in [1.82, 2.24) is 5.32 Å². The number of amides is 2. The summed E-state index contributed by atoms with van der Waals surface area (Å²) in [6.45, 7) is 0.663. The quantitative estimate of drug-likeness (QED) is 0.820. The molecule has 0 aliphatic carbocycles. The topological polar surface area (TPSA) is 58.2 Å². The molecule has 1 unspecified atom stereocenters. The van der Waals surface area contributed by atoms with Crippen molar-refractivity contribution in [2.24, 2.45) is 5.92 Å². The Balaban J connectivity index is 1.88. The normalized spacial score (nSPS) is 21.7. The Morgan fingerprint density at radius 1 is 1.33 bits per heavy atom. The van der Waals surface area contributed by atoms with Crippen molar-refractivity contribution in [1.29, 1.82) is 0 Å². The Bertz CT molecular complexity index is 542. The molecule has 2 amide bonds. The molecule has 0 aromatic heterocycles. The van der Waals surface area contributed by atoms with Gasteiger partial charge in [-0.1, -0.05) is 6.07 Å². The van der Waals surface area contributed by atoms with Crippen LogP contribution in [0.2, 0.25) is 0 Å². The standard InChI is InChI=1S/C13H13FN2O2/c14-12-7(5-8-3-4-15-13(8)18)1-2-10-9(12)6-11(17)16-10/h1-2,8H,3-6H2,(H,15,18)(H,16,17). The van der Waals surface area contributed by atoms with Crippen molar-refractivity contribution < 1.29 is 14.0 Å². The average molecular weight is 248 g/mol. The summed E-state index contributed by atoms with van der Waals surface area (Å²) in [5, 5.41) is 5.35. The van der Waals surface area contributed by atoms with Gasteiger partial charge in [-0.25, -0.2) is 4.39 Å². The number of rotatable bonds is 2. The highest BCUT2D eigenvalue weighted by Crippen LogP contribution is 2.29. The number of nitrogens with one attached hydrogen (secondary N) is 2. The third-order valence-corrected chi connectivity index (χ3v) is 3.56.